The van der Waals surface area contributed by atoms with E-state index < -0.39 is 12.0 Å². The summed E-state index contributed by atoms with van der Waals surface area (Å²) in [5.74, 6) is 0.481. The smallest absolute Gasteiger partial charge is 0.254 e. The summed E-state index contributed by atoms with van der Waals surface area (Å²) in [5.41, 5.74) is 4.45. The zero-order chi connectivity index (χ0) is 30.6. The van der Waals surface area contributed by atoms with Crippen molar-refractivity contribution in [2.45, 2.75) is 38.6 Å². The van der Waals surface area contributed by atoms with Crippen LogP contribution in [0.25, 0.3) is 0 Å². The predicted octanol–water partition coefficient (Wildman–Crippen LogP) is 4.79. The number of halogens is 1. The molecule has 232 valence electrons. The summed E-state index contributed by atoms with van der Waals surface area (Å²) >= 11 is 0. The number of carbonyl (C=O) groups is 2. The molecule has 0 radical (unpaired) electrons. The van der Waals surface area contributed by atoms with Crippen LogP contribution in [-0.2, 0) is 11.2 Å². The van der Waals surface area contributed by atoms with E-state index in [2.05, 4.69) is 15.1 Å². The maximum atomic E-state index is 14.0. The summed E-state index contributed by atoms with van der Waals surface area (Å²) in [6.07, 6.45) is 1.52. The van der Waals surface area contributed by atoms with E-state index >= 15 is 0 Å². The van der Waals surface area contributed by atoms with Crippen LogP contribution in [0, 0.1) is 5.82 Å². The molecule has 1 fully saturated rings. The van der Waals surface area contributed by atoms with Gasteiger partial charge in [-0.3, -0.25) is 14.5 Å². The molecule has 3 aromatic carbocycles. The second-order valence-electron chi connectivity index (χ2n) is 11.6. The summed E-state index contributed by atoms with van der Waals surface area (Å²) in [5, 5.41) is 3.22. The Bertz CT molecular complexity index is 1490. The maximum absolute atomic E-state index is 14.0. The van der Waals surface area contributed by atoms with Crippen LogP contribution in [0.4, 0.5) is 10.1 Å². The van der Waals surface area contributed by atoms with Gasteiger partial charge in [-0.25, -0.2) is 4.39 Å². The van der Waals surface area contributed by atoms with Gasteiger partial charge in [-0.2, -0.15) is 0 Å². The summed E-state index contributed by atoms with van der Waals surface area (Å²) in [6, 6.07) is 17.8. The van der Waals surface area contributed by atoms with Crippen LogP contribution >= 0.6 is 0 Å². The highest BCUT2D eigenvalue weighted by molar-refractivity contribution is 6.01. The lowest BCUT2D eigenvalue weighted by molar-refractivity contribution is -0.124. The fraction of sp³-hybridized carbons (Fsp3) is 0.429. The molecule has 2 unspecified atom stereocenters. The lowest BCUT2D eigenvalue weighted by Gasteiger charge is -2.45. The van der Waals surface area contributed by atoms with Crippen molar-refractivity contribution in [2.24, 2.45) is 0 Å². The molecule has 0 spiro atoms. The first-order valence-corrected chi connectivity index (χ1v) is 15.8. The number of hydrogen-bond acceptors (Lipinski definition) is 6. The molecule has 9 heteroatoms. The minimum atomic E-state index is -0.533. The Morgan fingerprint density at radius 3 is 2.34 bits per heavy atom. The average Bonchev–Trinajstić information content (AvgIpc) is 3.04. The second-order valence-corrected chi connectivity index (χ2v) is 11.6. The molecular formula is C35H41FN4O4. The second kappa shape index (κ2) is 13.3. The van der Waals surface area contributed by atoms with Crippen molar-refractivity contribution >= 4 is 17.5 Å². The molecule has 0 aliphatic carbocycles. The highest BCUT2D eigenvalue weighted by Crippen LogP contribution is 2.48. The molecule has 0 saturated carbocycles. The molecule has 2 atom stereocenters. The first-order chi connectivity index (χ1) is 21.5. The molecule has 3 aliphatic rings. The summed E-state index contributed by atoms with van der Waals surface area (Å²) in [7, 11) is 0. The Hall–Kier alpha value is -4.11. The van der Waals surface area contributed by atoms with Crippen LogP contribution in [0.2, 0.25) is 0 Å². The molecule has 0 bridgehead atoms. The number of amides is 2. The van der Waals surface area contributed by atoms with Crippen LogP contribution in [0.1, 0.15) is 59.3 Å². The lowest BCUT2D eigenvalue weighted by atomic mass is 9.75. The fourth-order valence-corrected chi connectivity index (χ4v) is 6.86. The van der Waals surface area contributed by atoms with Gasteiger partial charge in [0.1, 0.15) is 5.82 Å². The number of nitrogens with one attached hydrogen (secondary N) is 1. The van der Waals surface area contributed by atoms with E-state index in [1.807, 2.05) is 67.3 Å². The van der Waals surface area contributed by atoms with Crippen LogP contribution < -0.4 is 19.7 Å². The lowest BCUT2D eigenvalue weighted by Crippen LogP contribution is -2.50. The van der Waals surface area contributed by atoms with E-state index in [-0.39, 0.29) is 17.6 Å². The van der Waals surface area contributed by atoms with Crippen LogP contribution in [0.15, 0.2) is 60.7 Å². The van der Waals surface area contributed by atoms with Crippen molar-refractivity contribution in [2.75, 3.05) is 63.9 Å². The largest absolute Gasteiger partial charge is 0.490 e. The third kappa shape index (κ3) is 5.98. The van der Waals surface area contributed by atoms with Gasteiger partial charge < -0.3 is 24.6 Å². The number of nitrogens with zero attached hydrogens (tertiary/aromatic N) is 3. The number of piperazine rings is 1. The molecule has 2 amide bonds. The first kappa shape index (κ1) is 29.9. The highest BCUT2D eigenvalue weighted by Gasteiger charge is 2.46. The van der Waals surface area contributed by atoms with Crippen LogP contribution in [-0.4, -0.2) is 80.6 Å². The van der Waals surface area contributed by atoms with Gasteiger partial charge in [0.15, 0.2) is 11.5 Å². The number of ether oxygens (including phenoxy) is 2. The molecule has 6 rings (SSSR count). The molecule has 3 heterocycles. The number of rotatable bonds is 10. The number of anilines is 1. The molecule has 1 saturated heterocycles. The fourth-order valence-electron chi connectivity index (χ4n) is 6.86. The summed E-state index contributed by atoms with van der Waals surface area (Å²) < 4.78 is 25.1. The quantitative estimate of drug-likeness (QED) is 0.338. The van der Waals surface area contributed by atoms with Gasteiger partial charge in [0.25, 0.3) is 5.91 Å². The normalized spacial score (nSPS) is 19.6. The summed E-state index contributed by atoms with van der Waals surface area (Å²) in [4.78, 5) is 34.3. The zero-order valence-corrected chi connectivity index (χ0v) is 25.6. The molecule has 8 nitrogen and oxygen atoms in total. The van der Waals surface area contributed by atoms with Crippen LogP contribution in [0.5, 0.6) is 11.5 Å². The zero-order valence-electron chi connectivity index (χ0n) is 25.6. The first-order valence-electron chi connectivity index (χ1n) is 15.8. The molecule has 44 heavy (non-hydrogen) atoms. The number of hydrogen-bond donors (Lipinski definition) is 1. The monoisotopic (exact) mass is 600 g/mol. The van der Waals surface area contributed by atoms with Gasteiger partial charge in [-0.15, -0.1) is 0 Å². The van der Waals surface area contributed by atoms with Gasteiger partial charge in [-0.1, -0.05) is 18.2 Å². The van der Waals surface area contributed by atoms with E-state index in [0.717, 1.165) is 61.5 Å². The van der Waals surface area contributed by atoms with Gasteiger partial charge in [0.05, 0.1) is 25.2 Å². The molecule has 3 aromatic rings. The summed E-state index contributed by atoms with van der Waals surface area (Å²) in [6.45, 7) is 10.5. The van der Waals surface area contributed by atoms with E-state index in [9.17, 15) is 14.0 Å². The average molecular weight is 601 g/mol. The minimum absolute atomic E-state index is 0.0353. The Morgan fingerprint density at radius 1 is 0.909 bits per heavy atom. The van der Waals surface area contributed by atoms with E-state index in [0.29, 0.717) is 49.8 Å². The topological polar surface area (TPSA) is 74.4 Å². The molecule has 3 aliphatic heterocycles. The number of fused-ring (bicyclic) bond motifs is 4. The highest BCUT2D eigenvalue weighted by atomic mass is 19.1. The van der Waals surface area contributed by atoms with Crippen LogP contribution in [0.3, 0.4) is 0 Å². The van der Waals surface area contributed by atoms with E-state index in [4.69, 9.17) is 9.47 Å². The van der Waals surface area contributed by atoms with Gasteiger partial charge in [0.2, 0.25) is 5.91 Å². The van der Waals surface area contributed by atoms with Crippen molar-refractivity contribution < 1.29 is 23.5 Å². The third-order valence-electron chi connectivity index (χ3n) is 8.98. The van der Waals surface area contributed by atoms with Crippen molar-refractivity contribution in [3.05, 3.63) is 88.7 Å². The van der Waals surface area contributed by atoms with Crippen molar-refractivity contribution in [1.29, 1.82) is 0 Å². The Morgan fingerprint density at radius 2 is 1.61 bits per heavy atom. The molecule has 0 aromatic heterocycles. The molecule has 1 N–H and O–H groups in total. The number of benzene rings is 3. The molecular weight excluding hydrogens is 559 g/mol. The Labute approximate surface area is 258 Å². The predicted molar refractivity (Wildman–Crippen MR) is 168 cm³/mol. The number of carbonyl (C=O) groups excluding carboxylic acids is 2. The Balaban J connectivity index is 1.15. The van der Waals surface area contributed by atoms with Crippen molar-refractivity contribution in [3.63, 3.8) is 0 Å². The van der Waals surface area contributed by atoms with E-state index in [1.54, 1.807) is 0 Å². The van der Waals surface area contributed by atoms with Gasteiger partial charge in [-0.05, 0) is 92.4 Å². The van der Waals surface area contributed by atoms with Gasteiger partial charge in [0, 0.05) is 50.5 Å². The Kier molecular flexibility index (Phi) is 9.02. The van der Waals surface area contributed by atoms with Crippen molar-refractivity contribution in [3.8, 4) is 11.5 Å². The standard InChI is InChI=1S/C35H41FN4O4/c1-3-43-30-22-24-14-17-40-33(29(24)23-31(30)44-4-2)32(27-8-5-6-9-28(27)35(40)42)34(41)37-15-7-16-38-18-20-39(21-19-38)26-12-10-25(36)11-13-26/h5-6,8-13,22-23,32-33H,3-4,7,14-21H2,1-2H3,(H,37,41). The van der Waals surface area contributed by atoms with Crippen molar-refractivity contribution in [1.82, 2.24) is 15.1 Å². The SMILES string of the molecule is CCOc1cc2c(cc1OCC)C1C(C(=O)NCCCN3CCN(c4ccc(F)cc4)CC3)c3ccccc3C(=O)N1CC2. The third-order valence-corrected chi connectivity index (χ3v) is 8.98. The minimum Gasteiger partial charge on any atom is -0.490 e. The maximum Gasteiger partial charge on any atom is 0.254 e. The van der Waals surface area contributed by atoms with Gasteiger partial charge >= 0.3 is 0 Å². The van der Waals surface area contributed by atoms with E-state index in [1.165, 1.54) is 12.1 Å².